The number of aromatic nitrogens is 2. The van der Waals surface area contributed by atoms with E-state index in [1.165, 1.54) is 22.2 Å². The molecule has 1 aliphatic rings. The number of hydrogen-bond acceptors (Lipinski definition) is 8. The number of ether oxygens (including phenoxy) is 1. The Morgan fingerprint density at radius 3 is 2.58 bits per heavy atom. The Morgan fingerprint density at radius 2 is 1.94 bits per heavy atom. The van der Waals surface area contributed by atoms with Gasteiger partial charge in [-0.15, -0.1) is 24.5 Å². The number of carbonyl (C=O) groups is 1. The number of thiophene rings is 1. The van der Waals surface area contributed by atoms with E-state index in [-0.39, 0.29) is 16.9 Å². The number of rotatable bonds is 5. The number of fused-ring (bicyclic) bond motifs is 3. The second kappa shape index (κ2) is 10.0. The van der Waals surface area contributed by atoms with Crippen LogP contribution in [0.5, 0.6) is 5.75 Å². The number of amides is 1. The van der Waals surface area contributed by atoms with E-state index >= 15 is 0 Å². The number of nitrogens with zero attached hydrogens (tertiary/aromatic N) is 3. The van der Waals surface area contributed by atoms with Gasteiger partial charge in [0.1, 0.15) is 17.0 Å². The molecule has 0 bridgehead atoms. The summed E-state index contributed by atoms with van der Waals surface area (Å²) in [7, 11) is 3.38. The summed E-state index contributed by atoms with van der Waals surface area (Å²) in [6.45, 7) is 0. The third kappa shape index (κ3) is 5.89. The molecule has 0 atom stereocenters. The molecule has 176 valence electrons. The fourth-order valence-corrected chi connectivity index (χ4v) is 4.59. The maximum atomic E-state index is 12.8. The maximum Gasteiger partial charge on any atom is 0.573 e. The van der Waals surface area contributed by atoms with E-state index < -0.39 is 12.1 Å². The molecule has 4 rings (SSSR count). The molecular weight excluding hydrogens is 457 g/mol. The van der Waals surface area contributed by atoms with Crippen molar-refractivity contribution in [1.82, 2.24) is 14.9 Å². The molecule has 1 aromatic carbocycles. The van der Waals surface area contributed by atoms with Crippen molar-refractivity contribution in [2.75, 3.05) is 25.1 Å². The summed E-state index contributed by atoms with van der Waals surface area (Å²) < 4.78 is 42.7. The van der Waals surface area contributed by atoms with Crippen molar-refractivity contribution in [3.05, 3.63) is 34.5 Å². The van der Waals surface area contributed by atoms with Gasteiger partial charge in [-0.25, -0.2) is 9.97 Å². The van der Waals surface area contributed by atoms with Crippen LogP contribution in [0.1, 0.15) is 28.8 Å². The highest BCUT2D eigenvalue weighted by atomic mass is 32.1. The minimum absolute atomic E-state index is 0.0144. The lowest BCUT2D eigenvalue weighted by Crippen LogP contribution is -2.18. The Kier molecular flexibility index (Phi) is 7.36. The minimum Gasteiger partial charge on any atom is -0.403 e. The summed E-state index contributed by atoms with van der Waals surface area (Å²) in [4.78, 5) is 21.5. The molecule has 0 spiro atoms. The van der Waals surface area contributed by atoms with Crippen molar-refractivity contribution in [1.29, 1.82) is 5.41 Å². The summed E-state index contributed by atoms with van der Waals surface area (Å²) in [6.07, 6.45) is 2.24. The van der Waals surface area contributed by atoms with Crippen molar-refractivity contribution in [2.45, 2.75) is 32.0 Å². The smallest absolute Gasteiger partial charge is 0.403 e. The third-order valence-electron chi connectivity index (χ3n) is 4.78. The molecule has 3 aromatic rings. The molecule has 2 aromatic heterocycles. The van der Waals surface area contributed by atoms with Crippen LogP contribution in [0, 0.1) is 5.41 Å². The van der Waals surface area contributed by atoms with Crippen LogP contribution in [-0.2, 0) is 17.6 Å². The van der Waals surface area contributed by atoms with Gasteiger partial charge in [-0.1, -0.05) is 0 Å². The average Bonchev–Trinajstić information content (AvgIpc) is 3.14. The molecule has 12 heteroatoms. The van der Waals surface area contributed by atoms with E-state index in [0.717, 1.165) is 60.2 Å². The zero-order valence-corrected chi connectivity index (χ0v) is 18.8. The molecule has 0 unspecified atom stereocenters. The Hall–Kier alpha value is -3.41. The highest BCUT2D eigenvalue weighted by Crippen LogP contribution is 2.41. The van der Waals surface area contributed by atoms with Gasteiger partial charge < -0.3 is 26.1 Å². The van der Waals surface area contributed by atoms with Gasteiger partial charge in [0.05, 0.1) is 11.1 Å². The van der Waals surface area contributed by atoms with Gasteiger partial charge in [0.2, 0.25) is 6.41 Å². The number of benzene rings is 1. The van der Waals surface area contributed by atoms with Crippen molar-refractivity contribution >= 4 is 51.4 Å². The number of halogens is 3. The fourth-order valence-electron chi connectivity index (χ4n) is 3.36. The highest BCUT2D eigenvalue weighted by molar-refractivity contribution is 7.19. The van der Waals surface area contributed by atoms with E-state index in [2.05, 4.69) is 20.0 Å². The number of aryl methyl sites for hydroxylation is 2. The quantitative estimate of drug-likeness (QED) is 0.281. The largest absolute Gasteiger partial charge is 0.573 e. The van der Waals surface area contributed by atoms with E-state index in [9.17, 15) is 18.0 Å². The summed E-state index contributed by atoms with van der Waals surface area (Å²) in [5.41, 5.74) is 7.19. The molecule has 0 radical (unpaired) electrons. The minimum atomic E-state index is -4.88. The van der Waals surface area contributed by atoms with Crippen molar-refractivity contribution in [3.8, 4) is 5.75 Å². The number of anilines is 3. The summed E-state index contributed by atoms with van der Waals surface area (Å²) in [5, 5.41) is 11.2. The Bertz CT molecular complexity index is 1160. The van der Waals surface area contributed by atoms with Crippen LogP contribution < -0.4 is 15.8 Å². The van der Waals surface area contributed by atoms with Gasteiger partial charge in [0.15, 0.2) is 5.75 Å². The predicted octanol–water partition coefficient (Wildman–Crippen LogP) is 4.50. The lowest BCUT2D eigenvalue weighted by atomic mass is 9.97. The Labute approximate surface area is 192 Å². The number of carbonyl (C=O) groups excluding carboxylic acids is 1. The predicted molar refractivity (Wildman–Crippen MR) is 123 cm³/mol. The molecule has 1 aliphatic carbocycles. The van der Waals surface area contributed by atoms with Crippen LogP contribution in [-0.4, -0.2) is 48.0 Å². The summed E-state index contributed by atoms with van der Waals surface area (Å²) >= 11 is 1.59. The van der Waals surface area contributed by atoms with Gasteiger partial charge in [-0.2, -0.15) is 0 Å². The molecule has 33 heavy (non-hydrogen) atoms. The molecule has 8 nitrogen and oxygen atoms in total. The lowest BCUT2D eigenvalue weighted by Gasteiger charge is -2.17. The zero-order chi connectivity index (χ0) is 24.2. The monoisotopic (exact) mass is 480 g/mol. The van der Waals surface area contributed by atoms with Gasteiger partial charge in [0, 0.05) is 42.5 Å². The van der Waals surface area contributed by atoms with Crippen molar-refractivity contribution < 1.29 is 22.7 Å². The Morgan fingerprint density at radius 1 is 1.24 bits per heavy atom. The molecule has 0 saturated heterocycles. The molecule has 2 heterocycles. The van der Waals surface area contributed by atoms with Gasteiger partial charge >= 0.3 is 6.36 Å². The number of nitrogens with two attached hydrogens (primary N) is 1. The first-order valence-electron chi connectivity index (χ1n) is 9.96. The summed E-state index contributed by atoms with van der Waals surface area (Å²) in [6, 6.07) is 2.40. The first kappa shape index (κ1) is 24.2. The van der Waals surface area contributed by atoms with E-state index in [0.29, 0.717) is 5.82 Å². The highest BCUT2D eigenvalue weighted by Gasteiger charge is 2.33. The molecule has 1 amide bonds. The summed E-state index contributed by atoms with van der Waals surface area (Å²) in [5.74, 6) is -0.0661. The molecular formula is C21H23F3N6O2S. The van der Waals surface area contributed by atoms with Crippen LogP contribution in [0.25, 0.3) is 10.2 Å². The van der Waals surface area contributed by atoms with Crippen LogP contribution in [0.4, 0.5) is 30.4 Å². The number of nitrogen functional groups attached to an aromatic ring is 1. The zero-order valence-electron chi connectivity index (χ0n) is 18.0. The molecule has 0 fully saturated rings. The standard InChI is InChI=1S/C18H16F3N5OS.C3H7NO/c19-18(20,21)27-13-6-11(23)9(7-22)5-12(13)26-16-15-10-3-1-2-4-14(10)28-17(15)25-8-24-16;1-4(2)3-5/h5-8,22H,1-4,23H2,(H,24,25,26);3H,1-2H3. The topological polar surface area (TPSA) is 117 Å². The van der Waals surface area contributed by atoms with Crippen molar-refractivity contribution in [3.63, 3.8) is 0 Å². The van der Waals surface area contributed by atoms with Gasteiger partial charge in [0.25, 0.3) is 0 Å². The van der Waals surface area contributed by atoms with Crippen LogP contribution in [0.3, 0.4) is 0 Å². The van der Waals surface area contributed by atoms with Crippen LogP contribution >= 0.6 is 11.3 Å². The van der Waals surface area contributed by atoms with Crippen molar-refractivity contribution in [2.24, 2.45) is 0 Å². The van der Waals surface area contributed by atoms with Crippen LogP contribution in [0.2, 0.25) is 0 Å². The molecule has 0 aliphatic heterocycles. The number of hydrogen-bond donors (Lipinski definition) is 3. The number of alkyl halides is 3. The SMILES string of the molecule is CN(C)C=O.N=Cc1cc(Nc2ncnc3sc4c(c23)CCCC4)c(OC(F)(F)F)cc1N. The van der Waals surface area contributed by atoms with Crippen LogP contribution in [0.15, 0.2) is 18.5 Å². The van der Waals surface area contributed by atoms with Gasteiger partial charge in [-0.05, 0) is 37.3 Å². The Balaban J connectivity index is 0.000000555. The fraction of sp³-hybridized carbons (Fsp3) is 0.333. The first-order chi connectivity index (χ1) is 15.6. The van der Waals surface area contributed by atoms with E-state index in [1.54, 1.807) is 25.4 Å². The number of nitrogens with one attached hydrogen (secondary N) is 2. The van der Waals surface area contributed by atoms with Gasteiger partial charge in [-0.3, -0.25) is 4.79 Å². The first-order valence-corrected chi connectivity index (χ1v) is 10.8. The third-order valence-corrected chi connectivity index (χ3v) is 5.98. The maximum absolute atomic E-state index is 12.8. The molecule has 4 N–H and O–H groups in total. The average molecular weight is 481 g/mol. The second-order valence-electron chi connectivity index (χ2n) is 7.48. The normalized spacial score (nSPS) is 12.9. The second-order valence-corrected chi connectivity index (χ2v) is 8.56. The lowest BCUT2D eigenvalue weighted by molar-refractivity contribution is -0.274. The van der Waals surface area contributed by atoms with E-state index in [4.69, 9.17) is 11.1 Å². The van der Waals surface area contributed by atoms with E-state index in [1.807, 2.05) is 0 Å². The molecule has 0 saturated carbocycles.